The van der Waals surface area contributed by atoms with Crippen LogP contribution in [0.5, 0.6) is 5.75 Å². The third-order valence-corrected chi connectivity index (χ3v) is 4.51. The van der Waals surface area contributed by atoms with Crippen LogP contribution in [0.2, 0.25) is 5.02 Å². The largest absolute Gasteiger partial charge is 0.492 e. The lowest BCUT2D eigenvalue weighted by atomic mass is 10.2. The van der Waals surface area contributed by atoms with Gasteiger partial charge in [0.1, 0.15) is 5.75 Å². The molecule has 1 unspecified atom stereocenters. The van der Waals surface area contributed by atoms with Crippen LogP contribution in [0.3, 0.4) is 0 Å². The van der Waals surface area contributed by atoms with Gasteiger partial charge in [0, 0.05) is 17.2 Å². The minimum atomic E-state index is -0.274. The van der Waals surface area contributed by atoms with Crippen LogP contribution in [-0.4, -0.2) is 37.7 Å². The molecule has 6 nitrogen and oxygen atoms in total. The number of rotatable bonds is 6. The van der Waals surface area contributed by atoms with E-state index in [0.29, 0.717) is 35.4 Å². The average molecular weight is 402 g/mol. The molecular weight excluding hydrogens is 378 g/mol. The maximum atomic E-state index is 12.6. The number of para-hydroxylation sites is 2. The van der Waals surface area contributed by atoms with Gasteiger partial charge in [-0.3, -0.25) is 10.1 Å². The summed E-state index contributed by atoms with van der Waals surface area (Å²) in [5, 5.41) is 6.60. The van der Waals surface area contributed by atoms with Crippen molar-refractivity contribution in [1.29, 1.82) is 0 Å². The zero-order chi connectivity index (χ0) is 19.8. The molecule has 2 N–H and O–H groups in total. The highest BCUT2D eigenvalue weighted by atomic mass is 35.5. The smallest absolute Gasteiger partial charge is 0.257 e. The summed E-state index contributed by atoms with van der Waals surface area (Å²) in [6, 6.07) is 14.2. The second-order valence-electron chi connectivity index (χ2n) is 6.34. The molecule has 0 aliphatic carbocycles. The summed E-state index contributed by atoms with van der Waals surface area (Å²) in [6.07, 6.45) is 2.08. The van der Waals surface area contributed by atoms with Crippen LogP contribution in [0.15, 0.2) is 53.5 Å². The van der Waals surface area contributed by atoms with Gasteiger partial charge >= 0.3 is 0 Å². The van der Waals surface area contributed by atoms with Crippen molar-refractivity contribution in [2.75, 3.05) is 25.1 Å². The third-order valence-electron chi connectivity index (χ3n) is 4.26. The van der Waals surface area contributed by atoms with Crippen molar-refractivity contribution >= 4 is 29.2 Å². The molecule has 3 rings (SSSR count). The van der Waals surface area contributed by atoms with E-state index in [2.05, 4.69) is 15.6 Å². The van der Waals surface area contributed by atoms with Gasteiger partial charge in [-0.15, -0.1) is 0 Å². The molecule has 0 saturated carbocycles. The number of halogens is 1. The number of hydrogen-bond donors (Lipinski definition) is 2. The van der Waals surface area contributed by atoms with E-state index in [9.17, 15) is 4.79 Å². The second-order valence-corrected chi connectivity index (χ2v) is 6.78. The van der Waals surface area contributed by atoms with Gasteiger partial charge in [0.15, 0.2) is 0 Å². The number of aliphatic imine (C=N–C) groups is 1. The first kappa shape index (κ1) is 20.2. The molecule has 2 aromatic carbocycles. The van der Waals surface area contributed by atoms with E-state index in [1.165, 1.54) is 0 Å². The second kappa shape index (κ2) is 10.1. The molecule has 1 aliphatic heterocycles. The Balaban J connectivity index is 1.77. The molecule has 1 saturated heterocycles. The Labute approximate surface area is 169 Å². The van der Waals surface area contributed by atoms with Gasteiger partial charge in [-0.1, -0.05) is 23.7 Å². The van der Waals surface area contributed by atoms with Crippen molar-refractivity contribution in [2.24, 2.45) is 4.99 Å². The number of ether oxygens (including phenoxy) is 2. The van der Waals surface area contributed by atoms with E-state index in [-0.39, 0.29) is 12.0 Å². The molecule has 1 amide bonds. The number of nitrogens with one attached hydrogen (secondary N) is 2. The Hall–Kier alpha value is -2.57. The Kier molecular flexibility index (Phi) is 7.28. The number of hydrogen-bond acceptors (Lipinski definition) is 4. The number of carbonyl (C=O) groups excluding carboxylic acids is 1. The fraction of sp³-hybridized carbons (Fsp3) is 0.333. The summed E-state index contributed by atoms with van der Waals surface area (Å²) in [5.74, 6) is 0.766. The fourth-order valence-corrected chi connectivity index (χ4v) is 2.98. The first-order chi connectivity index (χ1) is 13.7. The van der Waals surface area contributed by atoms with Crippen molar-refractivity contribution in [3.63, 3.8) is 0 Å². The molecule has 0 spiro atoms. The first-order valence-electron chi connectivity index (χ1n) is 9.37. The molecule has 1 aliphatic rings. The number of carbonyl (C=O) groups is 1. The molecule has 0 bridgehead atoms. The van der Waals surface area contributed by atoms with Gasteiger partial charge in [0.2, 0.25) is 5.96 Å². The molecular formula is C21H24ClN3O3. The van der Waals surface area contributed by atoms with Crippen LogP contribution < -0.4 is 15.4 Å². The maximum Gasteiger partial charge on any atom is 0.257 e. The SMILES string of the molecule is CCOc1ccccc1NC(=NCC1CCCO1)NC(=O)c1ccc(Cl)cc1. The Morgan fingerprint density at radius 2 is 2.04 bits per heavy atom. The standard InChI is InChI=1S/C21H24ClN3O3/c1-2-27-19-8-4-3-7-18(19)24-21(23-14-17-6-5-13-28-17)25-20(26)15-9-11-16(22)12-10-15/h3-4,7-12,17H,2,5-6,13-14H2,1H3,(H2,23,24,25,26). The predicted octanol–water partition coefficient (Wildman–Crippen LogP) is 4.12. The molecule has 2 aromatic rings. The summed E-state index contributed by atoms with van der Waals surface area (Å²) in [7, 11) is 0. The van der Waals surface area contributed by atoms with Gasteiger partial charge in [-0.25, -0.2) is 4.99 Å². The van der Waals surface area contributed by atoms with E-state index in [1.54, 1.807) is 24.3 Å². The average Bonchev–Trinajstić information content (AvgIpc) is 3.22. The van der Waals surface area contributed by atoms with Crippen molar-refractivity contribution in [1.82, 2.24) is 5.32 Å². The highest BCUT2D eigenvalue weighted by Crippen LogP contribution is 2.23. The van der Waals surface area contributed by atoms with Crippen LogP contribution in [0.1, 0.15) is 30.1 Å². The topological polar surface area (TPSA) is 71.9 Å². The third kappa shape index (κ3) is 5.71. The molecule has 0 aromatic heterocycles. The quantitative estimate of drug-likeness (QED) is 0.564. The summed E-state index contributed by atoms with van der Waals surface area (Å²) in [5.41, 5.74) is 1.22. The lowest BCUT2D eigenvalue weighted by molar-refractivity contribution is 0.0975. The Morgan fingerprint density at radius 1 is 1.25 bits per heavy atom. The highest BCUT2D eigenvalue weighted by Gasteiger charge is 2.16. The van der Waals surface area contributed by atoms with Crippen LogP contribution in [0, 0.1) is 0 Å². The van der Waals surface area contributed by atoms with Gasteiger partial charge in [0.25, 0.3) is 5.91 Å². The van der Waals surface area contributed by atoms with Crippen LogP contribution >= 0.6 is 11.6 Å². The highest BCUT2D eigenvalue weighted by molar-refractivity contribution is 6.30. The minimum absolute atomic E-state index is 0.0753. The van der Waals surface area contributed by atoms with Crippen molar-refractivity contribution in [3.05, 3.63) is 59.1 Å². The van der Waals surface area contributed by atoms with Crippen molar-refractivity contribution in [3.8, 4) is 5.75 Å². The lowest BCUT2D eigenvalue weighted by Crippen LogP contribution is -2.36. The monoisotopic (exact) mass is 401 g/mol. The fourth-order valence-electron chi connectivity index (χ4n) is 2.85. The number of nitrogens with zero attached hydrogens (tertiary/aromatic N) is 1. The van der Waals surface area contributed by atoms with Crippen molar-refractivity contribution < 1.29 is 14.3 Å². The number of benzene rings is 2. The van der Waals surface area contributed by atoms with Gasteiger partial charge in [-0.2, -0.15) is 0 Å². The molecule has 1 heterocycles. The number of anilines is 1. The van der Waals surface area contributed by atoms with E-state index in [0.717, 1.165) is 25.1 Å². The Morgan fingerprint density at radius 3 is 2.75 bits per heavy atom. The predicted molar refractivity (Wildman–Crippen MR) is 111 cm³/mol. The lowest BCUT2D eigenvalue weighted by Gasteiger charge is -2.16. The minimum Gasteiger partial charge on any atom is -0.492 e. The molecule has 0 radical (unpaired) electrons. The molecule has 7 heteroatoms. The van der Waals surface area contributed by atoms with Crippen LogP contribution in [0.25, 0.3) is 0 Å². The van der Waals surface area contributed by atoms with E-state index in [1.807, 2.05) is 31.2 Å². The Bertz CT molecular complexity index is 818. The summed E-state index contributed by atoms with van der Waals surface area (Å²) < 4.78 is 11.3. The zero-order valence-electron chi connectivity index (χ0n) is 15.8. The van der Waals surface area contributed by atoms with Gasteiger partial charge < -0.3 is 14.8 Å². The summed E-state index contributed by atoms with van der Waals surface area (Å²) in [4.78, 5) is 17.2. The van der Waals surface area contributed by atoms with Crippen molar-refractivity contribution in [2.45, 2.75) is 25.9 Å². The van der Waals surface area contributed by atoms with Crippen LogP contribution in [-0.2, 0) is 4.74 Å². The summed E-state index contributed by atoms with van der Waals surface area (Å²) >= 11 is 5.90. The molecule has 1 fully saturated rings. The van der Waals surface area contributed by atoms with Gasteiger partial charge in [-0.05, 0) is 56.2 Å². The maximum absolute atomic E-state index is 12.6. The molecule has 1 atom stereocenters. The molecule has 148 valence electrons. The van der Waals surface area contributed by atoms with E-state index in [4.69, 9.17) is 21.1 Å². The van der Waals surface area contributed by atoms with E-state index < -0.39 is 0 Å². The van der Waals surface area contributed by atoms with Crippen LogP contribution in [0.4, 0.5) is 5.69 Å². The zero-order valence-corrected chi connectivity index (χ0v) is 16.5. The number of guanidine groups is 1. The van der Waals surface area contributed by atoms with E-state index >= 15 is 0 Å². The first-order valence-corrected chi connectivity index (χ1v) is 9.75. The summed E-state index contributed by atoms with van der Waals surface area (Å²) in [6.45, 7) is 3.69. The normalized spacial score (nSPS) is 16.6. The molecule has 28 heavy (non-hydrogen) atoms. The van der Waals surface area contributed by atoms with Gasteiger partial charge in [0.05, 0.1) is 24.9 Å². The number of amides is 1.